The maximum atomic E-state index is 12.9. The molecule has 0 spiro atoms. The zero-order valence-electron chi connectivity index (χ0n) is 14.5. The van der Waals surface area contributed by atoms with Gasteiger partial charge in [0.2, 0.25) is 4.96 Å². The van der Waals surface area contributed by atoms with E-state index in [9.17, 15) is 4.79 Å². The SMILES string of the molecule is CCOc1ccc(/C=c2/sc3nnc(-c4ccc(C)cc4)n3c2=O)cc1. The molecule has 2 heterocycles. The van der Waals surface area contributed by atoms with Gasteiger partial charge in [0.1, 0.15) is 5.75 Å². The first-order chi connectivity index (χ1) is 12.7. The number of thiazole rings is 1. The molecule has 0 aliphatic heterocycles. The van der Waals surface area contributed by atoms with Crippen LogP contribution >= 0.6 is 11.3 Å². The van der Waals surface area contributed by atoms with Crippen molar-refractivity contribution in [2.45, 2.75) is 13.8 Å². The molecule has 26 heavy (non-hydrogen) atoms. The van der Waals surface area contributed by atoms with E-state index in [0.29, 0.717) is 21.9 Å². The molecule has 0 N–H and O–H groups in total. The summed E-state index contributed by atoms with van der Waals surface area (Å²) in [7, 11) is 0. The molecule has 4 aromatic rings. The van der Waals surface area contributed by atoms with Crippen LogP contribution in [0, 0.1) is 6.92 Å². The third kappa shape index (κ3) is 2.99. The van der Waals surface area contributed by atoms with Crippen molar-refractivity contribution < 1.29 is 4.74 Å². The Morgan fingerprint density at radius 1 is 1.08 bits per heavy atom. The normalized spacial score (nSPS) is 12.0. The van der Waals surface area contributed by atoms with Gasteiger partial charge in [-0.2, -0.15) is 0 Å². The van der Waals surface area contributed by atoms with E-state index >= 15 is 0 Å². The van der Waals surface area contributed by atoms with Crippen LogP contribution in [0.5, 0.6) is 5.75 Å². The lowest BCUT2D eigenvalue weighted by Gasteiger charge is -2.01. The van der Waals surface area contributed by atoms with Crippen LogP contribution in [-0.4, -0.2) is 21.2 Å². The summed E-state index contributed by atoms with van der Waals surface area (Å²) in [6.07, 6.45) is 1.87. The zero-order valence-corrected chi connectivity index (χ0v) is 15.3. The van der Waals surface area contributed by atoms with Gasteiger partial charge in [0, 0.05) is 5.56 Å². The predicted molar refractivity (Wildman–Crippen MR) is 104 cm³/mol. The van der Waals surface area contributed by atoms with Crippen LogP contribution in [-0.2, 0) is 0 Å². The number of hydrogen-bond acceptors (Lipinski definition) is 5. The maximum Gasteiger partial charge on any atom is 0.276 e. The van der Waals surface area contributed by atoms with E-state index in [0.717, 1.165) is 22.4 Å². The quantitative estimate of drug-likeness (QED) is 0.559. The second-order valence-corrected chi connectivity index (χ2v) is 6.93. The Morgan fingerprint density at radius 2 is 1.81 bits per heavy atom. The van der Waals surface area contributed by atoms with Crippen LogP contribution in [0.3, 0.4) is 0 Å². The first-order valence-electron chi connectivity index (χ1n) is 8.35. The lowest BCUT2D eigenvalue weighted by molar-refractivity contribution is 0.340. The van der Waals surface area contributed by atoms with Crippen LogP contribution in [0.25, 0.3) is 22.4 Å². The van der Waals surface area contributed by atoms with E-state index in [2.05, 4.69) is 10.2 Å². The Morgan fingerprint density at radius 3 is 2.50 bits per heavy atom. The summed E-state index contributed by atoms with van der Waals surface area (Å²) < 4.78 is 7.66. The molecular weight excluding hydrogens is 346 g/mol. The summed E-state index contributed by atoms with van der Waals surface area (Å²) in [6, 6.07) is 15.6. The molecule has 0 unspecified atom stereocenters. The van der Waals surface area contributed by atoms with Gasteiger partial charge < -0.3 is 4.74 Å². The molecule has 4 rings (SSSR count). The van der Waals surface area contributed by atoms with E-state index in [1.165, 1.54) is 11.3 Å². The largest absolute Gasteiger partial charge is 0.494 e. The molecule has 2 aromatic carbocycles. The first-order valence-corrected chi connectivity index (χ1v) is 9.17. The molecule has 0 bridgehead atoms. The third-order valence-electron chi connectivity index (χ3n) is 4.05. The lowest BCUT2D eigenvalue weighted by atomic mass is 10.1. The summed E-state index contributed by atoms with van der Waals surface area (Å²) in [5.74, 6) is 1.39. The monoisotopic (exact) mass is 363 g/mol. The minimum absolute atomic E-state index is 0.0977. The predicted octanol–water partition coefficient (Wildman–Crippen LogP) is 3.07. The average molecular weight is 363 g/mol. The van der Waals surface area contributed by atoms with Gasteiger partial charge in [-0.25, -0.2) is 4.40 Å². The van der Waals surface area contributed by atoms with Crippen molar-refractivity contribution in [2.24, 2.45) is 0 Å². The number of aryl methyl sites for hydroxylation is 1. The Hall–Kier alpha value is -2.99. The highest BCUT2D eigenvalue weighted by Crippen LogP contribution is 2.18. The fraction of sp³-hybridized carbons (Fsp3) is 0.150. The second kappa shape index (κ2) is 6.72. The number of ether oxygens (including phenoxy) is 1. The molecule has 0 radical (unpaired) electrons. The number of fused-ring (bicyclic) bond motifs is 1. The molecule has 0 saturated heterocycles. The number of rotatable bonds is 4. The highest BCUT2D eigenvalue weighted by molar-refractivity contribution is 7.15. The van der Waals surface area contributed by atoms with E-state index in [1.807, 2.05) is 68.5 Å². The molecule has 5 nitrogen and oxygen atoms in total. The standard InChI is InChI=1S/C20H17N3O2S/c1-3-25-16-10-6-14(7-11-16)12-17-19(24)23-18(21-22-20(23)26-17)15-8-4-13(2)5-9-15/h4-12H,3H2,1-2H3/b17-12+. The Balaban J connectivity index is 1.79. The van der Waals surface area contributed by atoms with Crippen LogP contribution in [0.15, 0.2) is 53.3 Å². The molecular formula is C20H17N3O2S. The molecule has 6 heteroatoms. The molecule has 0 atom stereocenters. The van der Waals surface area contributed by atoms with Crippen molar-refractivity contribution in [1.82, 2.24) is 14.6 Å². The fourth-order valence-electron chi connectivity index (χ4n) is 2.73. The molecule has 2 aromatic heterocycles. The summed E-state index contributed by atoms with van der Waals surface area (Å²) in [5, 5.41) is 8.36. The Bertz CT molecular complexity index is 1160. The molecule has 0 aliphatic rings. The summed E-state index contributed by atoms with van der Waals surface area (Å²) in [6.45, 7) is 4.60. The average Bonchev–Trinajstić information content (AvgIpc) is 3.19. The summed E-state index contributed by atoms with van der Waals surface area (Å²) in [5.41, 5.74) is 2.89. The smallest absolute Gasteiger partial charge is 0.276 e. The third-order valence-corrected chi connectivity index (χ3v) is 5.01. The molecule has 130 valence electrons. The fourth-order valence-corrected chi connectivity index (χ4v) is 3.64. The van der Waals surface area contributed by atoms with Gasteiger partial charge in [0.25, 0.3) is 5.56 Å². The zero-order chi connectivity index (χ0) is 18.1. The van der Waals surface area contributed by atoms with Crippen molar-refractivity contribution in [3.8, 4) is 17.1 Å². The number of nitrogens with zero attached hydrogens (tertiary/aromatic N) is 3. The summed E-state index contributed by atoms with van der Waals surface area (Å²) in [4.78, 5) is 13.5. The molecule has 0 aliphatic carbocycles. The van der Waals surface area contributed by atoms with Gasteiger partial charge >= 0.3 is 0 Å². The second-order valence-electron chi connectivity index (χ2n) is 5.93. The van der Waals surface area contributed by atoms with Gasteiger partial charge in [0.15, 0.2) is 5.82 Å². The van der Waals surface area contributed by atoms with Crippen LogP contribution in [0.1, 0.15) is 18.1 Å². The minimum Gasteiger partial charge on any atom is -0.494 e. The van der Waals surface area contributed by atoms with Gasteiger partial charge in [-0.3, -0.25) is 4.79 Å². The topological polar surface area (TPSA) is 56.5 Å². The Kier molecular flexibility index (Phi) is 4.26. The van der Waals surface area contributed by atoms with Crippen molar-refractivity contribution in [2.75, 3.05) is 6.61 Å². The van der Waals surface area contributed by atoms with Crippen LogP contribution < -0.4 is 14.8 Å². The first kappa shape index (κ1) is 16.5. The van der Waals surface area contributed by atoms with Crippen molar-refractivity contribution in [3.05, 3.63) is 74.5 Å². The van der Waals surface area contributed by atoms with E-state index < -0.39 is 0 Å². The van der Waals surface area contributed by atoms with Gasteiger partial charge in [0.05, 0.1) is 11.1 Å². The molecule has 0 fully saturated rings. The van der Waals surface area contributed by atoms with Crippen molar-refractivity contribution >= 4 is 22.4 Å². The molecule has 0 saturated carbocycles. The van der Waals surface area contributed by atoms with Crippen LogP contribution in [0.2, 0.25) is 0 Å². The number of aromatic nitrogens is 3. The lowest BCUT2D eigenvalue weighted by Crippen LogP contribution is -2.23. The Labute approximate surface area is 154 Å². The highest BCUT2D eigenvalue weighted by atomic mass is 32.1. The number of hydrogen-bond donors (Lipinski definition) is 0. The van der Waals surface area contributed by atoms with E-state index in [1.54, 1.807) is 4.40 Å². The van der Waals surface area contributed by atoms with E-state index in [-0.39, 0.29) is 5.56 Å². The highest BCUT2D eigenvalue weighted by Gasteiger charge is 2.13. The van der Waals surface area contributed by atoms with Gasteiger partial charge in [-0.15, -0.1) is 10.2 Å². The number of benzene rings is 2. The van der Waals surface area contributed by atoms with Gasteiger partial charge in [-0.1, -0.05) is 53.3 Å². The summed E-state index contributed by atoms with van der Waals surface area (Å²) >= 11 is 1.34. The maximum absolute atomic E-state index is 12.9. The van der Waals surface area contributed by atoms with Gasteiger partial charge in [-0.05, 0) is 37.6 Å². The van der Waals surface area contributed by atoms with E-state index in [4.69, 9.17) is 4.74 Å². The van der Waals surface area contributed by atoms with Crippen molar-refractivity contribution in [3.63, 3.8) is 0 Å². The minimum atomic E-state index is -0.0977. The molecule has 0 amide bonds. The van der Waals surface area contributed by atoms with Crippen molar-refractivity contribution in [1.29, 1.82) is 0 Å². The van der Waals surface area contributed by atoms with Crippen LogP contribution in [0.4, 0.5) is 0 Å².